The Morgan fingerprint density at radius 1 is 0.415 bits per heavy atom. The Labute approximate surface area is 260 Å². The molecule has 0 aromatic carbocycles. The summed E-state index contributed by atoms with van der Waals surface area (Å²) in [5.41, 5.74) is 0. The summed E-state index contributed by atoms with van der Waals surface area (Å²) in [6.07, 6.45) is 42.7. The van der Waals surface area contributed by atoms with Gasteiger partial charge in [-0.3, -0.25) is 4.90 Å². The molecule has 2 atom stereocenters. The topological polar surface area (TPSA) is 12.5 Å². The summed E-state index contributed by atoms with van der Waals surface area (Å²) in [5.74, 6) is 1.77. The molecule has 2 nitrogen and oxygen atoms in total. The van der Waals surface area contributed by atoms with E-state index in [1.807, 2.05) is 0 Å². The first-order valence-electron chi connectivity index (χ1n) is 19.5. The molecule has 1 saturated heterocycles. The molecule has 246 valence electrons. The lowest BCUT2D eigenvalue weighted by molar-refractivity contribution is 0.0310. The average Bonchev–Trinajstić information content (AvgIpc) is 2.97. The van der Waals surface area contributed by atoms with Crippen LogP contribution < -0.4 is 0 Å². The highest BCUT2D eigenvalue weighted by Gasteiger charge is 2.14. The van der Waals surface area contributed by atoms with Crippen molar-refractivity contribution in [1.82, 2.24) is 4.90 Å². The minimum absolute atomic E-state index is 0.842. The van der Waals surface area contributed by atoms with Crippen LogP contribution in [-0.2, 0) is 4.74 Å². The second-order valence-corrected chi connectivity index (χ2v) is 14.3. The molecule has 0 aromatic heterocycles. The van der Waals surface area contributed by atoms with Crippen molar-refractivity contribution in [3.05, 3.63) is 0 Å². The molecule has 1 aliphatic rings. The summed E-state index contributed by atoms with van der Waals surface area (Å²) < 4.78 is 5.48. The zero-order valence-corrected chi connectivity index (χ0v) is 29.1. The maximum Gasteiger partial charge on any atom is 0.0594 e. The van der Waals surface area contributed by atoms with Crippen LogP contribution in [0.25, 0.3) is 0 Å². The van der Waals surface area contributed by atoms with Gasteiger partial charge in [-0.15, -0.1) is 0 Å². The number of morpholine rings is 1. The van der Waals surface area contributed by atoms with Gasteiger partial charge in [0.15, 0.2) is 0 Å². The Morgan fingerprint density at radius 2 is 0.732 bits per heavy atom. The third-order valence-electron chi connectivity index (χ3n) is 9.87. The smallest absolute Gasteiger partial charge is 0.0594 e. The van der Waals surface area contributed by atoms with E-state index in [1.54, 1.807) is 0 Å². The highest BCUT2D eigenvalue weighted by Crippen LogP contribution is 2.20. The number of hydrogen-bond acceptors (Lipinski definition) is 2. The van der Waals surface area contributed by atoms with Crippen LogP contribution in [-0.4, -0.2) is 37.7 Å². The average molecular weight is 578 g/mol. The maximum atomic E-state index is 5.48. The molecule has 0 amide bonds. The van der Waals surface area contributed by atoms with Crippen LogP contribution in [0.5, 0.6) is 0 Å². The molecule has 1 heterocycles. The Bertz CT molecular complexity index is 488. The van der Waals surface area contributed by atoms with Crippen molar-refractivity contribution in [2.24, 2.45) is 11.8 Å². The minimum atomic E-state index is 0.842. The zero-order valence-electron chi connectivity index (χ0n) is 29.1. The monoisotopic (exact) mass is 578 g/mol. The van der Waals surface area contributed by atoms with Crippen molar-refractivity contribution in [2.45, 2.75) is 207 Å². The van der Waals surface area contributed by atoms with Crippen molar-refractivity contribution in [1.29, 1.82) is 0 Å². The molecule has 2 heteroatoms. The van der Waals surface area contributed by atoms with Crippen molar-refractivity contribution >= 4 is 0 Å². The highest BCUT2D eigenvalue weighted by atomic mass is 16.5. The first kappa shape index (κ1) is 38.9. The molecule has 0 radical (unpaired) electrons. The molecule has 0 saturated carbocycles. The van der Waals surface area contributed by atoms with Gasteiger partial charge in [0, 0.05) is 19.6 Å². The van der Waals surface area contributed by atoms with Crippen molar-refractivity contribution in [2.75, 3.05) is 32.8 Å². The molecule has 0 N–H and O–H groups in total. The van der Waals surface area contributed by atoms with Crippen molar-refractivity contribution in [3.8, 4) is 0 Å². The molecule has 1 fully saturated rings. The Kier molecular flexibility index (Phi) is 29.8. The molecular formula is C39H79NO. The van der Waals surface area contributed by atoms with Gasteiger partial charge < -0.3 is 4.74 Å². The van der Waals surface area contributed by atoms with E-state index in [4.69, 9.17) is 4.74 Å². The highest BCUT2D eigenvalue weighted by molar-refractivity contribution is 4.66. The van der Waals surface area contributed by atoms with Crippen LogP contribution in [0.3, 0.4) is 0 Å². The zero-order chi connectivity index (χ0) is 29.5. The standard InChI is InChI=1S/C39H79NO/c1-4-5-6-7-8-9-10-11-12-13-14-15-16-17-18-19-20-21-22-23-24-25-26-27-28-30-38(2)31-29-32-39(3)37-40-33-35-41-36-34-40/h38-39H,4-37H2,1-3H3. The van der Waals surface area contributed by atoms with Gasteiger partial charge >= 0.3 is 0 Å². The van der Waals surface area contributed by atoms with Crippen LogP contribution >= 0.6 is 0 Å². The van der Waals surface area contributed by atoms with Crippen LogP contribution in [0.15, 0.2) is 0 Å². The second kappa shape index (κ2) is 31.3. The summed E-state index contributed by atoms with van der Waals surface area (Å²) in [5, 5.41) is 0. The molecule has 2 unspecified atom stereocenters. The third kappa shape index (κ3) is 28.4. The minimum Gasteiger partial charge on any atom is -0.379 e. The first-order chi connectivity index (χ1) is 20.2. The molecule has 41 heavy (non-hydrogen) atoms. The van der Waals surface area contributed by atoms with E-state index in [2.05, 4.69) is 25.7 Å². The van der Waals surface area contributed by atoms with Crippen molar-refractivity contribution in [3.63, 3.8) is 0 Å². The number of rotatable bonds is 32. The molecule has 1 aliphatic heterocycles. The van der Waals surface area contributed by atoms with Crippen molar-refractivity contribution < 1.29 is 4.74 Å². The van der Waals surface area contributed by atoms with Gasteiger partial charge in [-0.2, -0.15) is 0 Å². The quantitative estimate of drug-likeness (QED) is 0.0737. The van der Waals surface area contributed by atoms with Crippen LogP contribution in [0.1, 0.15) is 207 Å². The van der Waals surface area contributed by atoms with Gasteiger partial charge in [0.05, 0.1) is 13.2 Å². The number of unbranched alkanes of at least 4 members (excludes halogenated alkanes) is 24. The summed E-state index contributed by atoms with van der Waals surface area (Å²) in [7, 11) is 0. The fourth-order valence-electron chi connectivity index (χ4n) is 6.91. The van der Waals surface area contributed by atoms with E-state index in [9.17, 15) is 0 Å². The summed E-state index contributed by atoms with van der Waals surface area (Å²) in [4.78, 5) is 2.60. The van der Waals surface area contributed by atoms with Crippen LogP contribution in [0.4, 0.5) is 0 Å². The molecule has 1 rings (SSSR count). The van der Waals surface area contributed by atoms with Gasteiger partial charge in [0.25, 0.3) is 0 Å². The lowest BCUT2D eigenvalue weighted by atomic mass is 9.94. The van der Waals surface area contributed by atoms with E-state index >= 15 is 0 Å². The van der Waals surface area contributed by atoms with Gasteiger partial charge in [-0.05, 0) is 18.3 Å². The normalized spacial score (nSPS) is 15.9. The van der Waals surface area contributed by atoms with Gasteiger partial charge in [-0.25, -0.2) is 0 Å². The number of nitrogens with zero attached hydrogens (tertiary/aromatic N) is 1. The third-order valence-corrected chi connectivity index (χ3v) is 9.87. The Balaban J connectivity index is 1.68. The lowest BCUT2D eigenvalue weighted by Crippen LogP contribution is -2.38. The first-order valence-corrected chi connectivity index (χ1v) is 19.5. The van der Waals surface area contributed by atoms with Gasteiger partial charge in [0.2, 0.25) is 0 Å². The Hall–Kier alpha value is -0.0800. The molecule has 0 aromatic rings. The number of ether oxygens (including phenoxy) is 1. The summed E-state index contributed by atoms with van der Waals surface area (Å²) in [6, 6.07) is 0. The van der Waals surface area contributed by atoms with Crippen LogP contribution in [0, 0.1) is 11.8 Å². The molecular weight excluding hydrogens is 498 g/mol. The summed E-state index contributed by atoms with van der Waals surface area (Å²) >= 11 is 0. The van der Waals surface area contributed by atoms with Gasteiger partial charge in [0.1, 0.15) is 0 Å². The fraction of sp³-hybridized carbons (Fsp3) is 1.00. The van der Waals surface area contributed by atoms with E-state index in [0.717, 1.165) is 38.1 Å². The SMILES string of the molecule is CCCCCCCCCCCCCCCCCCCCCCCCCCCC(C)CCCC(C)CN1CCOCC1. The predicted octanol–water partition coefficient (Wildman–Crippen LogP) is 12.9. The Morgan fingerprint density at radius 3 is 1.12 bits per heavy atom. The second-order valence-electron chi connectivity index (χ2n) is 14.3. The largest absolute Gasteiger partial charge is 0.379 e. The fourth-order valence-corrected chi connectivity index (χ4v) is 6.91. The van der Waals surface area contributed by atoms with E-state index in [1.165, 1.54) is 193 Å². The molecule has 0 aliphatic carbocycles. The van der Waals surface area contributed by atoms with E-state index in [-0.39, 0.29) is 0 Å². The maximum absolute atomic E-state index is 5.48. The molecule has 0 bridgehead atoms. The van der Waals surface area contributed by atoms with E-state index < -0.39 is 0 Å². The predicted molar refractivity (Wildman–Crippen MR) is 185 cm³/mol. The molecule has 0 spiro atoms. The number of hydrogen-bond donors (Lipinski definition) is 0. The van der Waals surface area contributed by atoms with Crippen LogP contribution in [0.2, 0.25) is 0 Å². The lowest BCUT2D eigenvalue weighted by Gasteiger charge is -2.29. The van der Waals surface area contributed by atoms with Gasteiger partial charge in [-0.1, -0.05) is 201 Å². The van der Waals surface area contributed by atoms with E-state index in [0.29, 0.717) is 0 Å². The summed E-state index contributed by atoms with van der Waals surface area (Å²) in [6.45, 7) is 12.7.